The molecule has 20 heavy (non-hydrogen) atoms. The van der Waals surface area contributed by atoms with Crippen molar-refractivity contribution in [2.75, 3.05) is 12.9 Å². The summed E-state index contributed by atoms with van der Waals surface area (Å²) < 4.78 is 5.11. The van der Waals surface area contributed by atoms with Gasteiger partial charge in [0.2, 0.25) is 0 Å². The first kappa shape index (κ1) is 14.7. The molecule has 2 rings (SSSR count). The van der Waals surface area contributed by atoms with Crippen molar-refractivity contribution in [2.45, 2.75) is 25.0 Å². The van der Waals surface area contributed by atoms with Crippen molar-refractivity contribution in [1.82, 2.24) is 0 Å². The van der Waals surface area contributed by atoms with Gasteiger partial charge < -0.3 is 9.84 Å². The molecule has 0 saturated heterocycles. The van der Waals surface area contributed by atoms with Gasteiger partial charge in [-0.15, -0.1) is 0 Å². The Hall–Kier alpha value is -1.67. The summed E-state index contributed by atoms with van der Waals surface area (Å²) in [5, 5.41) is 17.9. The molecule has 1 fully saturated rings. The zero-order chi connectivity index (χ0) is 14.6. The maximum atomic E-state index is 10.8. The lowest BCUT2D eigenvalue weighted by atomic mass is 10.1. The number of benzene rings is 1. The number of nitriles is 1. The molecule has 0 unspecified atom stereocenters. The molecule has 0 atom stereocenters. The number of aliphatic carboxylic acids is 1. The van der Waals surface area contributed by atoms with Gasteiger partial charge in [-0.3, -0.25) is 4.79 Å². The standard InChI is InChI=1S/C15H17NO3S/c1-19-13-3-2-11(6-12(13)8-16)9-20-10-15(4-5-15)7-14(17)18/h2-3,6H,4-5,7,9-10H2,1H3,(H,17,18). The second-order valence-corrected chi connectivity index (χ2v) is 6.20. The van der Waals surface area contributed by atoms with E-state index in [0.717, 1.165) is 29.9 Å². The number of ether oxygens (including phenoxy) is 1. The van der Waals surface area contributed by atoms with Gasteiger partial charge in [-0.2, -0.15) is 17.0 Å². The summed E-state index contributed by atoms with van der Waals surface area (Å²) in [6, 6.07) is 7.71. The molecule has 5 heteroatoms. The van der Waals surface area contributed by atoms with Crippen molar-refractivity contribution in [1.29, 1.82) is 5.26 Å². The van der Waals surface area contributed by atoms with E-state index < -0.39 is 5.97 Å². The van der Waals surface area contributed by atoms with Crippen LogP contribution in [0.5, 0.6) is 5.75 Å². The van der Waals surface area contributed by atoms with Gasteiger partial charge in [0, 0.05) is 5.75 Å². The van der Waals surface area contributed by atoms with E-state index in [2.05, 4.69) is 6.07 Å². The molecule has 1 aromatic carbocycles. The topological polar surface area (TPSA) is 70.3 Å². The van der Waals surface area contributed by atoms with Crippen LogP contribution in [0.15, 0.2) is 18.2 Å². The molecule has 0 spiro atoms. The maximum absolute atomic E-state index is 10.8. The lowest BCUT2D eigenvalue weighted by Gasteiger charge is -2.12. The number of thioether (sulfide) groups is 1. The molecule has 4 nitrogen and oxygen atoms in total. The molecule has 106 valence electrons. The third kappa shape index (κ3) is 3.67. The number of hydrogen-bond donors (Lipinski definition) is 1. The van der Waals surface area contributed by atoms with Crippen LogP contribution in [-0.2, 0) is 10.5 Å². The lowest BCUT2D eigenvalue weighted by Crippen LogP contribution is -2.11. The summed E-state index contributed by atoms with van der Waals surface area (Å²) in [6.07, 6.45) is 2.29. The Kier molecular flexibility index (Phi) is 4.56. The molecule has 1 aliphatic carbocycles. The largest absolute Gasteiger partial charge is 0.495 e. The average Bonchev–Trinajstić information content (AvgIpc) is 3.17. The molecule has 0 aliphatic heterocycles. The minimum Gasteiger partial charge on any atom is -0.495 e. The maximum Gasteiger partial charge on any atom is 0.303 e. The molecule has 1 N–H and O–H groups in total. The number of carboxylic acid groups (broad SMARTS) is 1. The van der Waals surface area contributed by atoms with E-state index in [1.807, 2.05) is 12.1 Å². The Morgan fingerprint density at radius 3 is 2.85 bits per heavy atom. The zero-order valence-corrected chi connectivity index (χ0v) is 12.2. The van der Waals surface area contributed by atoms with Gasteiger partial charge in [0.05, 0.1) is 19.1 Å². The van der Waals surface area contributed by atoms with E-state index >= 15 is 0 Å². The molecular formula is C15H17NO3S. The van der Waals surface area contributed by atoms with E-state index in [1.165, 1.54) is 0 Å². The summed E-state index contributed by atoms with van der Waals surface area (Å²) >= 11 is 1.74. The first-order valence-electron chi connectivity index (χ1n) is 6.45. The smallest absolute Gasteiger partial charge is 0.303 e. The van der Waals surface area contributed by atoms with Crippen LogP contribution >= 0.6 is 11.8 Å². The minimum absolute atomic E-state index is 0.0149. The highest BCUT2D eigenvalue weighted by Gasteiger charge is 2.43. The average molecular weight is 291 g/mol. The molecule has 0 amide bonds. The van der Waals surface area contributed by atoms with Crippen LogP contribution in [0, 0.1) is 16.7 Å². The molecule has 1 aromatic rings. The lowest BCUT2D eigenvalue weighted by molar-refractivity contribution is -0.138. The van der Waals surface area contributed by atoms with E-state index in [0.29, 0.717) is 11.3 Å². The third-order valence-electron chi connectivity index (χ3n) is 3.54. The number of rotatable bonds is 7. The van der Waals surface area contributed by atoms with Crippen LogP contribution in [0.1, 0.15) is 30.4 Å². The molecule has 1 saturated carbocycles. The Labute approximate surface area is 122 Å². The summed E-state index contributed by atoms with van der Waals surface area (Å²) in [6.45, 7) is 0. The van der Waals surface area contributed by atoms with E-state index in [1.54, 1.807) is 24.9 Å². The van der Waals surface area contributed by atoms with E-state index in [-0.39, 0.29) is 11.8 Å². The van der Waals surface area contributed by atoms with Crippen molar-refractivity contribution in [3.05, 3.63) is 29.3 Å². The Morgan fingerprint density at radius 1 is 1.55 bits per heavy atom. The molecule has 1 aliphatic rings. The quantitative estimate of drug-likeness (QED) is 0.836. The first-order valence-corrected chi connectivity index (χ1v) is 7.61. The van der Waals surface area contributed by atoms with Crippen molar-refractivity contribution in [2.24, 2.45) is 5.41 Å². The second kappa shape index (κ2) is 6.19. The summed E-state index contributed by atoms with van der Waals surface area (Å²) in [7, 11) is 1.55. The van der Waals surface area contributed by atoms with Crippen LogP contribution in [0.25, 0.3) is 0 Å². The normalized spacial score (nSPS) is 15.4. The number of hydrogen-bond acceptors (Lipinski definition) is 4. The highest BCUT2D eigenvalue weighted by Crippen LogP contribution is 2.51. The fourth-order valence-electron chi connectivity index (χ4n) is 2.19. The summed E-state index contributed by atoms with van der Waals surface area (Å²) in [4.78, 5) is 10.8. The summed E-state index contributed by atoms with van der Waals surface area (Å²) in [5.74, 6) is 1.54. The number of carbonyl (C=O) groups is 1. The van der Waals surface area contributed by atoms with Crippen molar-refractivity contribution in [3.63, 3.8) is 0 Å². The number of carboxylic acids is 1. The predicted octanol–water partition coefficient (Wildman–Crippen LogP) is 3.05. The van der Waals surface area contributed by atoms with Gasteiger partial charge >= 0.3 is 5.97 Å². The van der Waals surface area contributed by atoms with Gasteiger partial charge in [0.15, 0.2) is 0 Å². The molecular weight excluding hydrogens is 274 g/mol. The molecule has 0 heterocycles. The number of nitrogens with zero attached hydrogens (tertiary/aromatic N) is 1. The van der Waals surface area contributed by atoms with Gasteiger partial charge in [0.1, 0.15) is 11.8 Å². The molecule has 0 aromatic heterocycles. The van der Waals surface area contributed by atoms with Crippen LogP contribution in [0.2, 0.25) is 0 Å². The SMILES string of the molecule is COc1ccc(CSCC2(CC(=O)O)CC2)cc1C#N. The molecule has 0 radical (unpaired) electrons. The van der Waals surface area contributed by atoms with Crippen molar-refractivity contribution < 1.29 is 14.6 Å². The van der Waals surface area contributed by atoms with Gasteiger partial charge in [-0.25, -0.2) is 0 Å². The predicted molar refractivity (Wildman–Crippen MR) is 77.8 cm³/mol. The van der Waals surface area contributed by atoms with Gasteiger partial charge in [0.25, 0.3) is 0 Å². The van der Waals surface area contributed by atoms with Gasteiger partial charge in [-0.1, -0.05) is 6.07 Å². The Morgan fingerprint density at radius 2 is 2.30 bits per heavy atom. The van der Waals surface area contributed by atoms with Crippen molar-refractivity contribution in [3.8, 4) is 11.8 Å². The monoisotopic (exact) mass is 291 g/mol. The van der Waals surface area contributed by atoms with Crippen molar-refractivity contribution >= 4 is 17.7 Å². The van der Waals surface area contributed by atoms with Crippen LogP contribution in [-0.4, -0.2) is 23.9 Å². The minimum atomic E-state index is -0.709. The highest BCUT2D eigenvalue weighted by atomic mass is 32.2. The Bertz CT molecular complexity index is 547. The first-order chi connectivity index (χ1) is 9.58. The highest BCUT2D eigenvalue weighted by molar-refractivity contribution is 7.98. The molecule has 0 bridgehead atoms. The second-order valence-electron chi connectivity index (χ2n) is 5.21. The van der Waals surface area contributed by atoms with Crippen LogP contribution in [0.3, 0.4) is 0 Å². The fourth-order valence-corrected chi connectivity index (χ4v) is 3.53. The van der Waals surface area contributed by atoms with Crippen LogP contribution in [0.4, 0.5) is 0 Å². The van der Waals surface area contributed by atoms with Crippen LogP contribution < -0.4 is 4.74 Å². The number of methoxy groups -OCH3 is 1. The van der Waals surface area contributed by atoms with E-state index in [9.17, 15) is 4.79 Å². The fraction of sp³-hybridized carbons (Fsp3) is 0.467. The Balaban J connectivity index is 1.89. The van der Waals surface area contributed by atoms with Gasteiger partial charge in [-0.05, 0) is 41.7 Å². The third-order valence-corrected chi connectivity index (χ3v) is 4.90. The summed E-state index contributed by atoms with van der Waals surface area (Å²) in [5.41, 5.74) is 1.62. The zero-order valence-electron chi connectivity index (χ0n) is 11.4. The van der Waals surface area contributed by atoms with E-state index in [4.69, 9.17) is 15.1 Å².